The maximum Gasteiger partial charge on any atom is 0.231 e. The molecule has 2 aliphatic heterocycles. The molecular formula is C42H34N6O6. The van der Waals surface area contributed by atoms with Crippen LogP contribution in [0.1, 0.15) is 37.1 Å². The lowest BCUT2D eigenvalue weighted by atomic mass is 10.1. The molecule has 12 heteroatoms. The number of anilines is 2. The second-order valence-electron chi connectivity index (χ2n) is 12.9. The summed E-state index contributed by atoms with van der Waals surface area (Å²) in [5.41, 5.74) is 6.99. The molecule has 2 atom stereocenters. The number of pyridine rings is 2. The number of ether oxygens (including phenoxy) is 4. The maximum atomic E-state index is 5.47. The molecule has 0 saturated heterocycles. The molecule has 0 bridgehead atoms. The fraction of sp³-hybridized carbons (Fsp3) is 0.143. The Kier molecular flexibility index (Phi) is 8.60. The summed E-state index contributed by atoms with van der Waals surface area (Å²) < 4.78 is 32.6. The molecular weight excluding hydrogens is 684 g/mol. The summed E-state index contributed by atoms with van der Waals surface area (Å²) in [5.74, 6) is 4.45. The van der Waals surface area contributed by atoms with Crippen molar-refractivity contribution in [3.63, 3.8) is 0 Å². The highest BCUT2D eigenvalue weighted by Crippen LogP contribution is 2.39. The standard InChI is InChI=1S/2C21H17N3O3/c2*1-13(14-5-3-2-4-6-14)23-20-10-16-19(11-22-20)27-24-21(16)15-7-8-17-18(9-15)26-12-25-17/h2*2-11,13H,12H2,1H3,(H,22,23)/t2*13-/m00/s1. The van der Waals surface area contributed by atoms with Crippen molar-refractivity contribution in [2.45, 2.75) is 25.9 Å². The van der Waals surface area contributed by atoms with Gasteiger partial charge in [-0.15, -0.1) is 0 Å². The monoisotopic (exact) mass is 718 g/mol. The first kappa shape index (κ1) is 32.8. The van der Waals surface area contributed by atoms with Gasteiger partial charge in [-0.1, -0.05) is 71.0 Å². The molecule has 2 aliphatic rings. The summed E-state index contributed by atoms with van der Waals surface area (Å²) >= 11 is 0. The van der Waals surface area contributed by atoms with E-state index in [-0.39, 0.29) is 25.7 Å². The predicted octanol–water partition coefficient (Wildman–Crippen LogP) is 9.58. The zero-order chi connectivity index (χ0) is 36.4. The van der Waals surface area contributed by atoms with Gasteiger partial charge in [0, 0.05) is 23.2 Å². The quantitative estimate of drug-likeness (QED) is 0.155. The van der Waals surface area contributed by atoms with E-state index in [0.29, 0.717) is 22.7 Å². The van der Waals surface area contributed by atoms with Crippen molar-refractivity contribution in [1.29, 1.82) is 0 Å². The Labute approximate surface area is 309 Å². The molecule has 0 aliphatic carbocycles. The van der Waals surface area contributed by atoms with Gasteiger partial charge < -0.3 is 38.6 Å². The number of aromatic nitrogens is 4. The van der Waals surface area contributed by atoms with Gasteiger partial charge in [-0.25, -0.2) is 9.97 Å². The molecule has 12 nitrogen and oxygen atoms in total. The minimum absolute atomic E-state index is 0.130. The number of rotatable bonds is 8. The molecule has 10 rings (SSSR count). The topological polar surface area (TPSA) is 139 Å². The number of hydrogen-bond donors (Lipinski definition) is 2. The van der Waals surface area contributed by atoms with E-state index in [9.17, 15) is 0 Å². The minimum Gasteiger partial charge on any atom is -0.454 e. The zero-order valence-corrected chi connectivity index (χ0v) is 29.4. The third-order valence-corrected chi connectivity index (χ3v) is 9.34. The molecule has 8 aromatic rings. The molecule has 0 fully saturated rings. The third-order valence-electron chi connectivity index (χ3n) is 9.34. The average molecular weight is 719 g/mol. The van der Waals surface area contributed by atoms with Gasteiger partial charge in [-0.3, -0.25) is 0 Å². The van der Waals surface area contributed by atoms with Crippen LogP contribution in [0.25, 0.3) is 44.5 Å². The third kappa shape index (κ3) is 6.56. The summed E-state index contributed by atoms with van der Waals surface area (Å²) in [6, 6.07) is 36.2. The Balaban J connectivity index is 0.000000142. The predicted molar refractivity (Wildman–Crippen MR) is 204 cm³/mol. The molecule has 0 amide bonds. The summed E-state index contributed by atoms with van der Waals surface area (Å²) in [4.78, 5) is 8.90. The van der Waals surface area contributed by atoms with E-state index >= 15 is 0 Å². The number of benzene rings is 4. The van der Waals surface area contributed by atoms with Gasteiger partial charge in [0.25, 0.3) is 0 Å². The van der Waals surface area contributed by atoms with E-state index in [1.165, 1.54) is 11.1 Å². The van der Waals surface area contributed by atoms with Gasteiger partial charge in [-0.05, 0) is 73.5 Å². The van der Waals surface area contributed by atoms with Crippen LogP contribution in [0.5, 0.6) is 23.0 Å². The van der Waals surface area contributed by atoms with Crippen molar-refractivity contribution in [2.75, 3.05) is 24.2 Å². The Hall–Kier alpha value is -7.08. The van der Waals surface area contributed by atoms with Crippen LogP contribution in [0.4, 0.5) is 11.6 Å². The first-order chi connectivity index (χ1) is 26.6. The Morgan fingerprint density at radius 1 is 0.500 bits per heavy atom. The largest absolute Gasteiger partial charge is 0.454 e. The van der Waals surface area contributed by atoms with E-state index in [2.05, 4.69) is 69.0 Å². The second-order valence-corrected chi connectivity index (χ2v) is 12.9. The van der Waals surface area contributed by atoms with Crippen LogP contribution < -0.4 is 29.6 Å². The number of hydrogen-bond acceptors (Lipinski definition) is 12. The molecule has 268 valence electrons. The summed E-state index contributed by atoms with van der Waals surface area (Å²) in [6.07, 6.45) is 3.39. The number of nitrogens with zero attached hydrogens (tertiary/aromatic N) is 4. The summed E-state index contributed by atoms with van der Waals surface area (Å²) in [5, 5.41) is 17.1. The van der Waals surface area contributed by atoms with Crippen LogP contribution in [-0.4, -0.2) is 33.9 Å². The highest BCUT2D eigenvalue weighted by molar-refractivity contribution is 5.94. The van der Waals surface area contributed by atoms with Crippen molar-refractivity contribution in [3.05, 3.63) is 133 Å². The van der Waals surface area contributed by atoms with Gasteiger partial charge in [-0.2, -0.15) is 0 Å². The van der Waals surface area contributed by atoms with Crippen molar-refractivity contribution in [2.24, 2.45) is 0 Å². The smallest absolute Gasteiger partial charge is 0.231 e. The summed E-state index contributed by atoms with van der Waals surface area (Å²) in [6.45, 7) is 4.70. The van der Waals surface area contributed by atoms with Crippen LogP contribution in [0, 0.1) is 0 Å². The Morgan fingerprint density at radius 2 is 0.926 bits per heavy atom. The van der Waals surface area contributed by atoms with Crippen LogP contribution in [0.15, 0.2) is 131 Å². The fourth-order valence-corrected chi connectivity index (χ4v) is 6.44. The zero-order valence-electron chi connectivity index (χ0n) is 29.4. The van der Waals surface area contributed by atoms with Crippen molar-refractivity contribution >= 4 is 33.6 Å². The molecule has 4 aromatic heterocycles. The van der Waals surface area contributed by atoms with Crippen LogP contribution >= 0.6 is 0 Å². The lowest BCUT2D eigenvalue weighted by molar-refractivity contribution is 0.173. The normalized spacial score (nSPS) is 13.7. The first-order valence-corrected chi connectivity index (χ1v) is 17.5. The van der Waals surface area contributed by atoms with Gasteiger partial charge in [0.1, 0.15) is 23.0 Å². The fourth-order valence-electron chi connectivity index (χ4n) is 6.44. The lowest BCUT2D eigenvalue weighted by Gasteiger charge is -2.14. The minimum atomic E-state index is 0.130. The SMILES string of the molecule is C[C@H](Nc1cc2c(-c3ccc4c(c3)OCO4)noc2cn1)c1ccccc1.C[C@H](Nc1cc2c(-c3ccc4c(c3)OCO4)noc2cn1)c1ccccc1. The lowest BCUT2D eigenvalue weighted by Crippen LogP contribution is -2.07. The molecule has 6 heterocycles. The Morgan fingerprint density at radius 3 is 1.37 bits per heavy atom. The van der Waals surface area contributed by atoms with E-state index < -0.39 is 0 Å². The van der Waals surface area contributed by atoms with Gasteiger partial charge in [0.2, 0.25) is 13.6 Å². The van der Waals surface area contributed by atoms with Crippen LogP contribution in [0.3, 0.4) is 0 Å². The van der Waals surface area contributed by atoms with Crippen LogP contribution in [-0.2, 0) is 0 Å². The van der Waals surface area contributed by atoms with Crippen molar-refractivity contribution < 1.29 is 28.0 Å². The molecule has 0 unspecified atom stereocenters. The second kappa shape index (κ2) is 14.2. The number of fused-ring (bicyclic) bond motifs is 4. The van der Waals surface area contributed by atoms with E-state index in [0.717, 1.165) is 56.4 Å². The molecule has 0 spiro atoms. The summed E-state index contributed by atoms with van der Waals surface area (Å²) in [7, 11) is 0. The van der Waals surface area contributed by atoms with E-state index in [1.54, 1.807) is 12.4 Å². The van der Waals surface area contributed by atoms with Gasteiger partial charge in [0.05, 0.1) is 23.2 Å². The maximum absolute atomic E-state index is 5.47. The first-order valence-electron chi connectivity index (χ1n) is 17.5. The molecule has 4 aromatic carbocycles. The van der Waals surface area contributed by atoms with Gasteiger partial charge in [0.15, 0.2) is 34.2 Å². The highest BCUT2D eigenvalue weighted by Gasteiger charge is 2.20. The molecule has 54 heavy (non-hydrogen) atoms. The Bertz CT molecular complexity index is 2400. The van der Waals surface area contributed by atoms with Crippen molar-refractivity contribution in [1.82, 2.24) is 20.3 Å². The van der Waals surface area contributed by atoms with Crippen LogP contribution in [0.2, 0.25) is 0 Å². The van der Waals surface area contributed by atoms with Gasteiger partial charge >= 0.3 is 0 Å². The number of nitrogens with one attached hydrogen (secondary N) is 2. The van der Waals surface area contributed by atoms with Crippen molar-refractivity contribution in [3.8, 4) is 45.5 Å². The molecule has 2 N–H and O–H groups in total. The van der Waals surface area contributed by atoms with E-state index in [1.807, 2.05) is 84.9 Å². The average Bonchev–Trinajstić information content (AvgIpc) is 4.04. The highest BCUT2D eigenvalue weighted by atomic mass is 16.7. The van der Waals surface area contributed by atoms with E-state index in [4.69, 9.17) is 28.0 Å². The molecule has 0 saturated carbocycles. The molecule has 0 radical (unpaired) electrons.